The predicted molar refractivity (Wildman–Crippen MR) is 72.3 cm³/mol. The van der Waals surface area contributed by atoms with E-state index < -0.39 is 0 Å². The molecule has 0 bridgehead atoms. The number of rotatable bonds is 4. The highest BCUT2D eigenvalue weighted by Crippen LogP contribution is 2.13. The van der Waals surface area contributed by atoms with Crippen LogP contribution in [-0.2, 0) is 0 Å². The summed E-state index contributed by atoms with van der Waals surface area (Å²) in [4.78, 5) is 13.5. The van der Waals surface area contributed by atoms with Crippen LogP contribution in [0.3, 0.4) is 0 Å². The maximum atomic E-state index is 12.0. The molecule has 100 valence electrons. The van der Waals surface area contributed by atoms with Crippen molar-refractivity contribution < 1.29 is 9.90 Å². The summed E-state index contributed by atoms with van der Waals surface area (Å²) in [6, 6.07) is 7.84. The fourth-order valence-corrected chi connectivity index (χ4v) is 1.86. The third-order valence-electron chi connectivity index (χ3n) is 2.97. The molecule has 2 rings (SSSR count). The van der Waals surface area contributed by atoms with Gasteiger partial charge in [-0.1, -0.05) is 18.2 Å². The van der Waals surface area contributed by atoms with E-state index in [-0.39, 0.29) is 12.5 Å². The molecule has 0 fully saturated rings. The number of aliphatic hydroxyl groups excluding tert-OH is 1. The summed E-state index contributed by atoms with van der Waals surface area (Å²) >= 11 is 0. The van der Waals surface area contributed by atoms with E-state index in [9.17, 15) is 4.79 Å². The largest absolute Gasteiger partial charge is 0.395 e. The molecule has 1 N–H and O–H groups in total. The van der Waals surface area contributed by atoms with E-state index in [1.54, 1.807) is 24.1 Å². The van der Waals surface area contributed by atoms with Crippen LogP contribution < -0.4 is 0 Å². The fraction of sp³-hybridized carbons (Fsp3) is 0.286. The first-order chi connectivity index (χ1) is 9.13. The average Bonchev–Trinajstić information content (AvgIpc) is 2.88. The van der Waals surface area contributed by atoms with Crippen molar-refractivity contribution in [1.29, 1.82) is 0 Å². The molecule has 0 unspecified atom stereocenters. The van der Waals surface area contributed by atoms with Crippen LogP contribution in [0.4, 0.5) is 0 Å². The number of nitrogens with zero attached hydrogens (tertiary/aromatic N) is 3. The van der Waals surface area contributed by atoms with Gasteiger partial charge in [0.15, 0.2) is 0 Å². The van der Waals surface area contributed by atoms with Crippen LogP contribution in [0.15, 0.2) is 36.7 Å². The third-order valence-corrected chi connectivity index (χ3v) is 2.97. The van der Waals surface area contributed by atoms with Crippen LogP contribution in [0.1, 0.15) is 15.9 Å². The number of hydrogen-bond donors (Lipinski definition) is 1. The van der Waals surface area contributed by atoms with Crippen molar-refractivity contribution in [2.24, 2.45) is 0 Å². The molecule has 19 heavy (non-hydrogen) atoms. The molecule has 0 saturated carbocycles. The molecule has 0 spiro atoms. The smallest absolute Gasteiger partial charge is 0.256 e. The molecule has 0 saturated heterocycles. The number of aryl methyl sites for hydroxylation is 1. The molecule has 1 aromatic carbocycles. The Balaban J connectivity index is 2.25. The Kier molecular flexibility index (Phi) is 3.97. The predicted octanol–water partition coefficient (Wildman–Crippen LogP) is 1.25. The second kappa shape index (κ2) is 5.67. The van der Waals surface area contributed by atoms with Gasteiger partial charge in [-0.15, -0.1) is 0 Å². The zero-order valence-corrected chi connectivity index (χ0v) is 11.1. The minimum atomic E-state index is -0.145. The lowest BCUT2D eigenvalue weighted by molar-refractivity contribution is 0.0767. The first-order valence-corrected chi connectivity index (χ1v) is 6.10. The normalized spacial score (nSPS) is 10.5. The summed E-state index contributed by atoms with van der Waals surface area (Å²) in [5.41, 5.74) is 2.55. The van der Waals surface area contributed by atoms with Crippen LogP contribution in [-0.4, -0.2) is 45.9 Å². The second-order valence-electron chi connectivity index (χ2n) is 4.41. The summed E-state index contributed by atoms with van der Waals surface area (Å²) in [6.45, 7) is 2.26. The van der Waals surface area contributed by atoms with Gasteiger partial charge in [-0.25, -0.2) is 4.68 Å². The first-order valence-electron chi connectivity index (χ1n) is 6.10. The lowest BCUT2D eigenvalue weighted by Gasteiger charge is -2.13. The lowest BCUT2D eigenvalue weighted by atomic mass is 10.2. The number of amides is 1. The van der Waals surface area contributed by atoms with Gasteiger partial charge in [0.2, 0.25) is 0 Å². The van der Waals surface area contributed by atoms with Crippen molar-refractivity contribution in [3.8, 4) is 5.69 Å². The zero-order chi connectivity index (χ0) is 13.8. The Bertz CT molecular complexity index is 578. The van der Waals surface area contributed by atoms with Gasteiger partial charge in [-0.05, 0) is 18.6 Å². The van der Waals surface area contributed by atoms with Crippen LogP contribution in [0.2, 0.25) is 0 Å². The van der Waals surface area contributed by atoms with Gasteiger partial charge < -0.3 is 10.0 Å². The number of aromatic nitrogens is 2. The summed E-state index contributed by atoms with van der Waals surface area (Å²) in [7, 11) is 1.66. The number of hydrogen-bond acceptors (Lipinski definition) is 3. The standard InChI is InChI=1S/C14H17N3O2/c1-11-5-3-4-6-13(11)17-10-12(9-15-17)14(19)16(2)7-8-18/h3-6,9-10,18H,7-8H2,1-2H3. The topological polar surface area (TPSA) is 58.4 Å². The summed E-state index contributed by atoms with van der Waals surface area (Å²) in [5, 5.41) is 13.1. The quantitative estimate of drug-likeness (QED) is 0.899. The molecule has 0 radical (unpaired) electrons. The zero-order valence-electron chi connectivity index (χ0n) is 11.1. The van der Waals surface area contributed by atoms with Gasteiger partial charge in [0.25, 0.3) is 5.91 Å². The molecule has 1 heterocycles. The van der Waals surface area contributed by atoms with E-state index in [1.165, 1.54) is 4.90 Å². The van der Waals surface area contributed by atoms with Crippen molar-refractivity contribution >= 4 is 5.91 Å². The van der Waals surface area contributed by atoms with E-state index in [0.29, 0.717) is 12.1 Å². The van der Waals surface area contributed by atoms with Gasteiger partial charge in [0, 0.05) is 19.8 Å². The van der Waals surface area contributed by atoms with Gasteiger partial charge >= 0.3 is 0 Å². The molecule has 2 aromatic rings. The average molecular weight is 259 g/mol. The summed E-state index contributed by atoms with van der Waals surface area (Å²) in [6.07, 6.45) is 3.25. The van der Waals surface area contributed by atoms with Crippen molar-refractivity contribution in [2.75, 3.05) is 20.2 Å². The molecule has 5 heteroatoms. The molecular formula is C14H17N3O2. The number of carbonyl (C=O) groups is 1. The Morgan fingerprint density at radius 1 is 1.42 bits per heavy atom. The minimum Gasteiger partial charge on any atom is -0.395 e. The Morgan fingerprint density at radius 3 is 2.84 bits per heavy atom. The van der Waals surface area contributed by atoms with Crippen LogP contribution in [0, 0.1) is 6.92 Å². The molecule has 0 atom stereocenters. The van der Waals surface area contributed by atoms with Crippen molar-refractivity contribution in [2.45, 2.75) is 6.92 Å². The van der Waals surface area contributed by atoms with Gasteiger partial charge in [0.05, 0.1) is 24.1 Å². The van der Waals surface area contributed by atoms with Gasteiger partial charge in [0.1, 0.15) is 0 Å². The molecule has 0 aliphatic heterocycles. The summed E-state index contributed by atoms with van der Waals surface area (Å²) in [5.74, 6) is -0.145. The Morgan fingerprint density at radius 2 is 2.16 bits per heavy atom. The number of carbonyl (C=O) groups excluding carboxylic acids is 1. The highest BCUT2D eigenvalue weighted by atomic mass is 16.3. The molecule has 0 aliphatic rings. The number of likely N-dealkylation sites (N-methyl/N-ethyl adjacent to an activating group) is 1. The molecular weight excluding hydrogens is 242 g/mol. The van der Waals surface area contributed by atoms with Gasteiger partial charge in [-0.2, -0.15) is 5.10 Å². The minimum absolute atomic E-state index is 0.0474. The highest BCUT2D eigenvalue weighted by Gasteiger charge is 2.14. The molecule has 5 nitrogen and oxygen atoms in total. The number of benzene rings is 1. The van der Waals surface area contributed by atoms with E-state index >= 15 is 0 Å². The molecule has 0 aliphatic carbocycles. The monoisotopic (exact) mass is 259 g/mol. The Hall–Kier alpha value is -2.14. The third kappa shape index (κ3) is 2.82. The van der Waals surface area contributed by atoms with E-state index in [2.05, 4.69) is 5.10 Å². The number of aliphatic hydroxyl groups is 1. The molecule has 1 amide bonds. The van der Waals surface area contributed by atoms with Crippen molar-refractivity contribution in [3.05, 3.63) is 47.8 Å². The lowest BCUT2D eigenvalue weighted by Crippen LogP contribution is -2.29. The SMILES string of the molecule is Cc1ccccc1-n1cc(C(=O)N(C)CCO)cn1. The van der Waals surface area contributed by atoms with Crippen molar-refractivity contribution in [3.63, 3.8) is 0 Å². The second-order valence-corrected chi connectivity index (χ2v) is 4.41. The maximum Gasteiger partial charge on any atom is 0.256 e. The van der Waals surface area contributed by atoms with Crippen molar-refractivity contribution in [1.82, 2.24) is 14.7 Å². The van der Waals surface area contributed by atoms with E-state index in [0.717, 1.165) is 11.3 Å². The van der Waals surface area contributed by atoms with Gasteiger partial charge in [-0.3, -0.25) is 4.79 Å². The highest BCUT2D eigenvalue weighted by molar-refractivity contribution is 5.93. The summed E-state index contributed by atoms with van der Waals surface area (Å²) < 4.78 is 1.69. The first kappa shape index (κ1) is 13.3. The van der Waals surface area contributed by atoms with E-state index in [4.69, 9.17) is 5.11 Å². The molecule has 1 aromatic heterocycles. The van der Waals surface area contributed by atoms with E-state index in [1.807, 2.05) is 31.2 Å². The maximum absolute atomic E-state index is 12.0. The fourth-order valence-electron chi connectivity index (χ4n) is 1.86. The Labute approximate surface area is 112 Å². The van der Waals surface area contributed by atoms with Crippen LogP contribution in [0.5, 0.6) is 0 Å². The van der Waals surface area contributed by atoms with Crippen LogP contribution in [0.25, 0.3) is 5.69 Å². The number of para-hydroxylation sites is 1. The van der Waals surface area contributed by atoms with Crippen LogP contribution >= 0.6 is 0 Å².